The van der Waals surface area contributed by atoms with Gasteiger partial charge >= 0.3 is 0 Å². The number of ether oxygens (including phenoxy) is 2. The zero-order chi connectivity index (χ0) is 30.1. The van der Waals surface area contributed by atoms with Crippen molar-refractivity contribution in [3.05, 3.63) is 64.3 Å². The van der Waals surface area contributed by atoms with Gasteiger partial charge in [-0.1, -0.05) is 41.3 Å². The first-order valence-corrected chi connectivity index (χ1v) is 14.2. The molecule has 3 aromatic rings. The second kappa shape index (κ2) is 12.9. The largest absolute Gasteiger partial charge is 0.394 e. The molecular formula is C28H30Cl2F2N4O6. The van der Waals surface area contributed by atoms with Gasteiger partial charge in [0.05, 0.1) is 24.9 Å². The van der Waals surface area contributed by atoms with Gasteiger partial charge in [0.2, 0.25) is 0 Å². The fourth-order valence-corrected chi connectivity index (χ4v) is 6.27. The summed E-state index contributed by atoms with van der Waals surface area (Å²) in [6, 6.07) is 6.14. The van der Waals surface area contributed by atoms with Crippen molar-refractivity contribution < 1.29 is 38.4 Å². The van der Waals surface area contributed by atoms with E-state index in [4.69, 9.17) is 32.7 Å². The number of anilines is 1. The first kappa shape index (κ1) is 30.7. The molecule has 0 spiro atoms. The predicted octanol–water partition coefficient (Wildman–Crippen LogP) is 3.54. The Kier molecular flexibility index (Phi) is 9.43. The van der Waals surface area contributed by atoms with Crippen LogP contribution in [0.2, 0.25) is 10.0 Å². The van der Waals surface area contributed by atoms with E-state index in [1.165, 1.54) is 35.0 Å². The molecule has 1 aliphatic heterocycles. The summed E-state index contributed by atoms with van der Waals surface area (Å²) in [4.78, 5) is 15.8. The molecule has 1 saturated carbocycles. The molecule has 10 nitrogen and oxygen atoms in total. The van der Waals surface area contributed by atoms with Gasteiger partial charge in [-0.2, -0.15) is 0 Å². The lowest BCUT2D eigenvalue weighted by Gasteiger charge is -2.46. The zero-order valence-electron chi connectivity index (χ0n) is 22.5. The van der Waals surface area contributed by atoms with E-state index in [1.807, 2.05) is 0 Å². The number of aromatic nitrogens is 3. The van der Waals surface area contributed by atoms with Gasteiger partial charge in [0, 0.05) is 28.4 Å². The average Bonchev–Trinajstić information content (AvgIpc) is 3.44. The van der Waals surface area contributed by atoms with Gasteiger partial charge in [-0.3, -0.25) is 4.79 Å². The molecule has 226 valence electrons. The maximum absolute atomic E-state index is 14.4. The standard InChI is InChI=1S/C28H30Cl2F2N4O6/c1-41-26-24(35-12-20(33-34-35)14-6-7-18(31)19(32)8-14)25(39)23(13-37)42-27(26)28(40)36(21-4-2-3-5-22(21)38)17-10-15(29)9-16(30)11-17/h6-12,21-27,37-39H,2-5,13H2,1H3/t21-,22-,23+,24-,25-,26+,27+/m0/s1. The highest BCUT2D eigenvalue weighted by Gasteiger charge is 2.52. The maximum atomic E-state index is 14.4. The van der Waals surface area contributed by atoms with Gasteiger partial charge in [-0.05, 0) is 49.2 Å². The molecular weight excluding hydrogens is 597 g/mol. The van der Waals surface area contributed by atoms with E-state index >= 15 is 0 Å². The normalized spacial score (nSPS) is 28.0. The van der Waals surface area contributed by atoms with Crippen LogP contribution < -0.4 is 4.90 Å². The van der Waals surface area contributed by atoms with Crippen LogP contribution in [0.15, 0.2) is 42.6 Å². The number of methoxy groups -OCH3 is 1. The van der Waals surface area contributed by atoms with Crippen LogP contribution in [-0.4, -0.2) is 86.5 Å². The van der Waals surface area contributed by atoms with Crippen molar-refractivity contribution in [1.29, 1.82) is 0 Å². The van der Waals surface area contributed by atoms with Crippen molar-refractivity contribution in [2.24, 2.45) is 0 Å². The van der Waals surface area contributed by atoms with Crippen molar-refractivity contribution in [1.82, 2.24) is 15.0 Å². The molecule has 14 heteroatoms. The number of rotatable bonds is 7. The summed E-state index contributed by atoms with van der Waals surface area (Å²) in [5, 5.41) is 40.9. The fraction of sp³-hybridized carbons (Fsp3) is 0.464. The average molecular weight is 627 g/mol. The first-order valence-electron chi connectivity index (χ1n) is 13.4. The Labute approximate surface area is 250 Å². The Hall–Kier alpha value is -2.71. The van der Waals surface area contributed by atoms with E-state index in [0.717, 1.165) is 25.0 Å². The smallest absolute Gasteiger partial charge is 0.259 e. The third kappa shape index (κ3) is 6.02. The summed E-state index contributed by atoms with van der Waals surface area (Å²) in [5.41, 5.74) is 0.746. The monoisotopic (exact) mass is 626 g/mol. The van der Waals surface area contributed by atoms with Gasteiger partial charge < -0.3 is 29.7 Å². The summed E-state index contributed by atoms with van der Waals surface area (Å²) in [6.45, 7) is -0.641. The van der Waals surface area contributed by atoms with Crippen LogP contribution in [0.25, 0.3) is 11.3 Å². The highest BCUT2D eigenvalue weighted by molar-refractivity contribution is 6.35. The van der Waals surface area contributed by atoms with E-state index in [9.17, 15) is 28.9 Å². The molecule has 2 aliphatic rings. The summed E-state index contributed by atoms with van der Waals surface area (Å²) in [6.07, 6.45) is -2.08. The topological polar surface area (TPSA) is 130 Å². The van der Waals surface area contributed by atoms with E-state index in [0.29, 0.717) is 18.5 Å². The van der Waals surface area contributed by atoms with Gasteiger partial charge in [0.1, 0.15) is 30.0 Å². The zero-order valence-corrected chi connectivity index (χ0v) is 24.0. The minimum Gasteiger partial charge on any atom is -0.394 e. The lowest BCUT2D eigenvalue weighted by molar-refractivity contribution is -0.211. The van der Waals surface area contributed by atoms with Gasteiger partial charge in [0.15, 0.2) is 17.7 Å². The first-order chi connectivity index (χ1) is 20.1. The van der Waals surface area contributed by atoms with Crippen LogP contribution in [0.4, 0.5) is 14.5 Å². The maximum Gasteiger partial charge on any atom is 0.259 e. The number of halogens is 4. The summed E-state index contributed by atoms with van der Waals surface area (Å²) >= 11 is 12.6. The lowest BCUT2D eigenvalue weighted by atomic mass is 9.88. The second-order valence-corrected chi connectivity index (χ2v) is 11.3. The number of hydrogen-bond donors (Lipinski definition) is 3. The summed E-state index contributed by atoms with van der Waals surface area (Å²) < 4.78 is 40.3. The number of hydrogen-bond acceptors (Lipinski definition) is 8. The molecule has 5 rings (SSSR count). The molecule has 3 N–H and O–H groups in total. The Bertz CT molecular complexity index is 1410. The summed E-state index contributed by atoms with van der Waals surface area (Å²) in [5.74, 6) is -2.70. The Morgan fingerprint density at radius 1 is 1.12 bits per heavy atom. The van der Waals surface area contributed by atoms with Gasteiger partial charge in [-0.25, -0.2) is 13.5 Å². The van der Waals surface area contributed by atoms with Crippen molar-refractivity contribution in [2.45, 2.75) is 68.3 Å². The van der Waals surface area contributed by atoms with Crippen LogP contribution in [-0.2, 0) is 14.3 Å². The number of aliphatic hydroxyl groups excluding tert-OH is 3. The molecule has 7 atom stereocenters. The molecule has 1 amide bonds. The molecule has 2 fully saturated rings. The molecule has 0 bridgehead atoms. The Morgan fingerprint density at radius 2 is 1.83 bits per heavy atom. The summed E-state index contributed by atoms with van der Waals surface area (Å²) in [7, 11) is 1.33. The van der Waals surface area contributed by atoms with Crippen molar-refractivity contribution >= 4 is 34.8 Å². The SMILES string of the molecule is CO[C@@H]1[C@@H](n2cc(-c3ccc(F)c(F)c3)nn2)[C@@H](O)[C@@H](CO)O[C@H]1C(=O)N(c1cc(Cl)cc(Cl)c1)[C@H]1CCCC[C@@H]1O. The number of amides is 1. The molecule has 1 saturated heterocycles. The van der Waals surface area contributed by atoms with Crippen molar-refractivity contribution in [3.63, 3.8) is 0 Å². The van der Waals surface area contributed by atoms with Crippen LogP contribution in [0.3, 0.4) is 0 Å². The lowest BCUT2D eigenvalue weighted by Crippen LogP contribution is -2.63. The van der Waals surface area contributed by atoms with Gasteiger partial charge in [-0.15, -0.1) is 5.10 Å². The minimum absolute atomic E-state index is 0.173. The van der Waals surface area contributed by atoms with Gasteiger partial charge in [0.25, 0.3) is 5.91 Å². The van der Waals surface area contributed by atoms with E-state index in [1.54, 1.807) is 12.1 Å². The number of aliphatic hydroxyl groups is 3. The molecule has 42 heavy (non-hydrogen) atoms. The second-order valence-electron chi connectivity index (χ2n) is 10.4. The van der Waals surface area contributed by atoms with Crippen LogP contribution >= 0.6 is 23.2 Å². The van der Waals surface area contributed by atoms with Crippen LogP contribution in [0.1, 0.15) is 31.7 Å². The molecule has 1 aromatic heterocycles. The third-order valence-corrected chi connectivity index (χ3v) is 8.24. The number of benzene rings is 2. The fourth-order valence-electron chi connectivity index (χ4n) is 5.76. The van der Waals surface area contributed by atoms with E-state index in [2.05, 4.69) is 10.3 Å². The molecule has 2 aromatic carbocycles. The van der Waals surface area contributed by atoms with Crippen LogP contribution in [0.5, 0.6) is 0 Å². The Balaban J connectivity index is 1.54. The molecule has 0 radical (unpaired) electrons. The molecule has 1 aliphatic carbocycles. The number of carbonyl (C=O) groups excluding carboxylic acids is 1. The highest BCUT2D eigenvalue weighted by Crippen LogP contribution is 2.37. The quantitative estimate of drug-likeness (QED) is 0.363. The van der Waals surface area contributed by atoms with Crippen LogP contribution in [0, 0.1) is 11.6 Å². The van der Waals surface area contributed by atoms with Crippen molar-refractivity contribution in [3.8, 4) is 11.3 Å². The number of carbonyl (C=O) groups is 1. The van der Waals surface area contributed by atoms with Crippen molar-refractivity contribution in [2.75, 3.05) is 18.6 Å². The minimum atomic E-state index is -1.40. The Morgan fingerprint density at radius 3 is 2.48 bits per heavy atom. The molecule has 0 unspecified atom stereocenters. The third-order valence-electron chi connectivity index (χ3n) is 7.80. The predicted molar refractivity (Wildman–Crippen MR) is 149 cm³/mol. The van der Waals surface area contributed by atoms with E-state index in [-0.39, 0.29) is 21.3 Å². The highest BCUT2D eigenvalue weighted by atomic mass is 35.5. The number of nitrogens with zero attached hydrogens (tertiary/aromatic N) is 4. The molecule has 2 heterocycles. The van der Waals surface area contributed by atoms with E-state index < -0.39 is 66.8 Å².